The standard InChI is InChI=1S/C19H14N2O6/c22-17(23)14-4-2-1-3-13(14)12-7-5-11(6-8-12)9-21-10-20-15(18(24)25)16(21)19(26)27/h1-8,10H,9H2,(H,22,23)(H,24,25)(H,26,27). The summed E-state index contributed by atoms with van der Waals surface area (Å²) in [5.41, 5.74) is 1.24. The lowest BCUT2D eigenvalue weighted by Crippen LogP contribution is -2.13. The number of rotatable bonds is 6. The van der Waals surface area contributed by atoms with Crippen molar-refractivity contribution >= 4 is 17.9 Å². The molecule has 8 heteroatoms. The maximum Gasteiger partial charge on any atom is 0.357 e. The van der Waals surface area contributed by atoms with Crippen molar-refractivity contribution in [1.29, 1.82) is 0 Å². The first-order chi connectivity index (χ1) is 12.9. The zero-order valence-electron chi connectivity index (χ0n) is 13.9. The minimum absolute atomic E-state index is 0.114. The van der Waals surface area contributed by atoms with Crippen LogP contribution in [0.5, 0.6) is 0 Å². The van der Waals surface area contributed by atoms with Crippen LogP contribution in [0.15, 0.2) is 54.9 Å². The van der Waals surface area contributed by atoms with E-state index in [0.29, 0.717) is 16.7 Å². The summed E-state index contributed by atoms with van der Waals surface area (Å²) in [5, 5.41) is 27.6. The van der Waals surface area contributed by atoms with Gasteiger partial charge < -0.3 is 19.9 Å². The number of carboxylic acid groups (broad SMARTS) is 3. The molecule has 2 aromatic carbocycles. The van der Waals surface area contributed by atoms with Crippen LogP contribution in [0.1, 0.15) is 36.9 Å². The summed E-state index contributed by atoms with van der Waals surface area (Å²) in [6, 6.07) is 13.5. The normalized spacial score (nSPS) is 10.5. The van der Waals surface area contributed by atoms with E-state index in [-0.39, 0.29) is 12.1 Å². The van der Waals surface area contributed by atoms with E-state index in [2.05, 4.69) is 4.98 Å². The van der Waals surface area contributed by atoms with Crippen molar-refractivity contribution in [3.8, 4) is 11.1 Å². The van der Waals surface area contributed by atoms with Gasteiger partial charge in [-0.25, -0.2) is 19.4 Å². The Balaban J connectivity index is 1.91. The lowest BCUT2D eigenvalue weighted by atomic mass is 9.99. The molecule has 0 saturated carbocycles. The van der Waals surface area contributed by atoms with Gasteiger partial charge in [0.1, 0.15) is 0 Å². The van der Waals surface area contributed by atoms with Crippen LogP contribution in [0.25, 0.3) is 11.1 Å². The molecule has 0 saturated heterocycles. The molecule has 0 aliphatic rings. The monoisotopic (exact) mass is 366 g/mol. The number of hydrogen-bond donors (Lipinski definition) is 3. The number of aromatic carboxylic acids is 3. The first kappa shape index (κ1) is 17.9. The van der Waals surface area contributed by atoms with Gasteiger partial charge in [-0.3, -0.25) is 0 Å². The predicted octanol–water partition coefficient (Wildman–Crippen LogP) is 2.69. The van der Waals surface area contributed by atoms with Gasteiger partial charge in [0, 0.05) is 6.54 Å². The molecule has 0 radical (unpaired) electrons. The number of benzene rings is 2. The summed E-state index contributed by atoms with van der Waals surface area (Å²) < 4.78 is 1.24. The molecule has 136 valence electrons. The molecule has 3 rings (SSSR count). The van der Waals surface area contributed by atoms with E-state index in [0.717, 1.165) is 0 Å². The molecule has 3 N–H and O–H groups in total. The fourth-order valence-electron chi connectivity index (χ4n) is 2.79. The van der Waals surface area contributed by atoms with Crippen LogP contribution in [0.2, 0.25) is 0 Å². The number of carboxylic acids is 3. The van der Waals surface area contributed by atoms with Gasteiger partial charge in [-0.15, -0.1) is 0 Å². The third kappa shape index (κ3) is 3.54. The lowest BCUT2D eigenvalue weighted by Gasteiger charge is -2.09. The average molecular weight is 366 g/mol. The molecule has 1 aromatic heterocycles. The fraction of sp³-hybridized carbons (Fsp3) is 0.0526. The number of imidazole rings is 1. The second-order valence-electron chi connectivity index (χ2n) is 5.73. The minimum Gasteiger partial charge on any atom is -0.478 e. The molecule has 0 atom stereocenters. The molecular formula is C19H14N2O6. The van der Waals surface area contributed by atoms with Gasteiger partial charge in [-0.2, -0.15) is 0 Å². The van der Waals surface area contributed by atoms with E-state index in [1.54, 1.807) is 42.5 Å². The van der Waals surface area contributed by atoms with Crippen molar-refractivity contribution in [3.63, 3.8) is 0 Å². The summed E-state index contributed by atoms with van der Waals surface area (Å²) in [5.74, 6) is -3.82. The van der Waals surface area contributed by atoms with E-state index in [4.69, 9.17) is 5.11 Å². The summed E-state index contributed by atoms with van der Waals surface area (Å²) in [4.78, 5) is 37.4. The van der Waals surface area contributed by atoms with Crippen molar-refractivity contribution in [2.24, 2.45) is 0 Å². The third-order valence-corrected chi connectivity index (χ3v) is 4.02. The SMILES string of the molecule is O=C(O)c1ccccc1-c1ccc(Cn2cnc(C(=O)O)c2C(=O)O)cc1. The molecule has 27 heavy (non-hydrogen) atoms. The third-order valence-electron chi connectivity index (χ3n) is 4.02. The summed E-state index contributed by atoms with van der Waals surface area (Å²) in [7, 11) is 0. The van der Waals surface area contributed by atoms with Gasteiger partial charge in [0.05, 0.1) is 11.9 Å². The van der Waals surface area contributed by atoms with Crippen LogP contribution < -0.4 is 0 Å². The van der Waals surface area contributed by atoms with Gasteiger partial charge in [-0.05, 0) is 22.8 Å². The Morgan fingerprint density at radius 2 is 1.52 bits per heavy atom. The van der Waals surface area contributed by atoms with E-state index >= 15 is 0 Å². The molecule has 0 spiro atoms. The van der Waals surface area contributed by atoms with Crippen LogP contribution >= 0.6 is 0 Å². The Labute approximate surface area is 153 Å². The molecule has 3 aromatic rings. The molecule has 0 unspecified atom stereocenters. The van der Waals surface area contributed by atoms with Crippen LogP contribution in [-0.2, 0) is 6.54 Å². The second kappa shape index (κ2) is 7.12. The number of carbonyl (C=O) groups is 3. The zero-order chi connectivity index (χ0) is 19.6. The van der Waals surface area contributed by atoms with Crippen molar-refractivity contribution in [2.45, 2.75) is 6.54 Å². The van der Waals surface area contributed by atoms with E-state index in [1.165, 1.54) is 17.0 Å². The van der Waals surface area contributed by atoms with Crippen molar-refractivity contribution in [2.75, 3.05) is 0 Å². The predicted molar refractivity (Wildman–Crippen MR) is 94.1 cm³/mol. The topological polar surface area (TPSA) is 130 Å². The van der Waals surface area contributed by atoms with Crippen molar-refractivity contribution in [3.05, 3.63) is 77.4 Å². The lowest BCUT2D eigenvalue weighted by molar-refractivity contribution is 0.0640. The molecule has 0 fully saturated rings. The molecule has 0 bridgehead atoms. The van der Waals surface area contributed by atoms with Crippen LogP contribution in [0, 0.1) is 0 Å². The minimum atomic E-state index is -1.41. The maximum absolute atomic E-state index is 11.4. The Kier molecular flexibility index (Phi) is 4.71. The molecule has 0 aliphatic carbocycles. The number of nitrogens with zero attached hydrogens (tertiary/aromatic N) is 2. The Morgan fingerprint density at radius 3 is 2.11 bits per heavy atom. The van der Waals surface area contributed by atoms with Gasteiger partial charge >= 0.3 is 17.9 Å². The summed E-state index contributed by atoms with van der Waals surface area (Å²) >= 11 is 0. The second-order valence-corrected chi connectivity index (χ2v) is 5.73. The highest BCUT2D eigenvalue weighted by Gasteiger charge is 2.23. The number of hydrogen-bond acceptors (Lipinski definition) is 4. The smallest absolute Gasteiger partial charge is 0.357 e. The Bertz CT molecular complexity index is 1040. The fourth-order valence-corrected chi connectivity index (χ4v) is 2.79. The van der Waals surface area contributed by atoms with Gasteiger partial charge in [-0.1, -0.05) is 42.5 Å². The Morgan fingerprint density at radius 1 is 0.852 bits per heavy atom. The molecule has 1 heterocycles. The molecule has 8 nitrogen and oxygen atoms in total. The first-order valence-electron chi connectivity index (χ1n) is 7.82. The van der Waals surface area contributed by atoms with Gasteiger partial charge in [0.25, 0.3) is 0 Å². The largest absolute Gasteiger partial charge is 0.478 e. The molecule has 0 amide bonds. The molecule has 0 aliphatic heterocycles. The van der Waals surface area contributed by atoms with Crippen LogP contribution in [0.4, 0.5) is 0 Å². The van der Waals surface area contributed by atoms with E-state index in [9.17, 15) is 24.6 Å². The Hall–Kier alpha value is -3.94. The van der Waals surface area contributed by atoms with Crippen molar-refractivity contribution < 1.29 is 29.7 Å². The summed E-state index contributed by atoms with van der Waals surface area (Å²) in [6.07, 6.45) is 1.17. The first-order valence-corrected chi connectivity index (χ1v) is 7.82. The van der Waals surface area contributed by atoms with Crippen LogP contribution in [0.3, 0.4) is 0 Å². The van der Waals surface area contributed by atoms with E-state index < -0.39 is 29.3 Å². The van der Waals surface area contributed by atoms with Gasteiger partial charge in [0.2, 0.25) is 0 Å². The quantitative estimate of drug-likeness (QED) is 0.611. The average Bonchev–Trinajstić information content (AvgIpc) is 3.06. The van der Waals surface area contributed by atoms with Crippen molar-refractivity contribution in [1.82, 2.24) is 9.55 Å². The number of aromatic nitrogens is 2. The highest BCUT2D eigenvalue weighted by Crippen LogP contribution is 2.24. The highest BCUT2D eigenvalue weighted by molar-refractivity contribution is 5.99. The highest BCUT2D eigenvalue weighted by atomic mass is 16.4. The molecular weight excluding hydrogens is 352 g/mol. The van der Waals surface area contributed by atoms with Crippen LogP contribution in [-0.4, -0.2) is 42.8 Å². The maximum atomic E-state index is 11.4. The zero-order valence-corrected chi connectivity index (χ0v) is 13.9. The van der Waals surface area contributed by atoms with Gasteiger partial charge in [0.15, 0.2) is 11.4 Å². The van der Waals surface area contributed by atoms with E-state index in [1.807, 2.05) is 0 Å². The summed E-state index contributed by atoms with van der Waals surface area (Å²) in [6.45, 7) is 0.114.